The summed E-state index contributed by atoms with van der Waals surface area (Å²) >= 11 is 0. The van der Waals surface area contributed by atoms with E-state index in [2.05, 4.69) is 33.9 Å². The first-order valence-corrected chi connectivity index (χ1v) is 13.2. The molecule has 0 aliphatic rings. The third-order valence-electron chi connectivity index (χ3n) is 5.44. The van der Waals surface area contributed by atoms with Crippen LogP contribution in [0.1, 0.15) is 53.0 Å². The minimum Gasteiger partial charge on any atom is -0.486 e. The van der Waals surface area contributed by atoms with E-state index in [1.807, 2.05) is 24.3 Å². The maximum Gasteiger partial charge on any atom is 0.291 e. The number of carbonyl (C=O) groups is 1. The molecule has 2 heterocycles. The van der Waals surface area contributed by atoms with E-state index in [4.69, 9.17) is 9.15 Å². The van der Waals surface area contributed by atoms with E-state index in [1.54, 1.807) is 32.0 Å². The zero-order valence-electron chi connectivity index (χ0n) is 21.0. The van der Waals surface area contributed by atoms with Crippen LogP contribution in [0.25, 0.3) is 0 Å². The Morgan fingerprint density at radius 2 is 1.59 bits per heavy atom. The molecular formula is C27H28N4O5S. The number of aryl methyl sites for hydroxylation is 2. The van der Waals surface area contributed by atoms with Gasteiger partial charge in [0.1, 0.15) is 18.1 Å². The average molecular weight is 521 g/mol. The fourth-order valence-corrected chi connectivity index (χ4v) is 4.49. The van der Waals surface area contributed by atoms with Crippen LogP contribution in [0.3, 0.4) is 0 Å². The lowest BCUT2D eigenvalue weighted by Crippen LogP contribution is -2.16. The molecule has 4 rings (SSSR count). The molecule has 0 atom stereocenters. The van der Waals surface area contributed by atoms with Crippen LogP contribution in [-0.4, -0.2) is 24.3 Å². The van der Waals surface area contributed by atoms with E-state index in [0.717, 1.165) is 0 Å². The molecule has 0 fully saturated rings. The van der Waals surface area contributed by atoms with Crippen LogP contribution in [0.4, 0.5) is 11.6 Å². The number of furan rings is 1. The summed E-state index contributed by atoms with van der Waals surface area (Å²) in [6.45, 7) is 7.94. The molecule has 2 aromatic heterocycles. The summed E-state index contributed by atoms with van der Waals surface area (Å²) in [7, 11) is -3.90. The summed E-state index contributed by atoms with van der Waals surface area (Å²) in [6.07, 6.45) is 0. The fourth-order valence-electron chi connectivity index (χ4n) is 3.54. The topological polar surface area (TPSA) is 123 Å². The van der Waals surface area contributed by atoms with Crippen LogP contribution < -0.4 is 14.8 Å². The van der Waals surface area contributed by atoms with Crippen LogP contribution in [0.2, 0.25) is 0 Å². The first-order valence-electron chi connectivity index (χ1n) is 11.7. The standard InChI is InChI=1S/C27H28N4O5S/c1-17(2)20-5-9-22(10-6-20)35-16-23-11-14-25(36-23)26(32)30-21-7-12-24(13-8-21)37(33,34)31-27-28-18(3)15-19(4)29-27/h5-15,17H,16H2,1-4H3,(H,30,32)(H,28,29,31). The predicted octanol–water partition coefficient (Wildman–Crippen LogP) is 5.44. The Hall–Kier alpha value is -4.18. The van der Waals surface area contributed by atoms with Crippen molar-refractivity contribution in [2.24, 2.45) is 0 Å². The number of hydrogen-bond donors (Lipinski definition) is 2. The van der Waals surface area contributed by atoms with Crippen molar-refractivity contribution in [3.8, 4) is 5.75 Å². The van der Waals surface area contributed by atoms with Crippen molar-refractivity contribution >= 4 is 27.6 Å². The van der Waals surface area contributed by atoms with Gasteiger partial charge in [-0.2, -0.15) is 0 Å². The number of benzene rings is 2. The van der Waals surface area contributed by atoms with Crippen molar-refractivity contribution in [1.82, 2.24) is 9.97 Å². The van der Waals surface area contributed by atoms with Gasteiger partial charge in [0.05, 0.1) is 4.90 Å². The van der Waals surface area contributed by atoms with E-state index < -0.39 is 15.9 Å². The van der Waals surface area contributed by atoms with Gasteiger partial charge in [-0.3, -0.25) is 4.79 Å². The van der Waals surface area contributed by atoms with E-state index in [-0.39, 0.29) is 23.2 Å². The monoisotopic (exact) mass is 520 g/mol. The second-order valence-corrected chi connectivity index (χ2v) is 10.5. The number of nitrogens with one attached hydrogen (secondary N) is 2. The molecule has 0 saturated carbocycles. The van der Waals surface area contributed by atoms with Crippen LogP contribution in [-0.2, 0) is 16.6 Å². The van der Waals surface area contributed by atoms with Crippen molar-refractivity contribution in [2.45, 2.75) is 45.1 Å². The minimum absolute atomic E-state index is 0.0000510. The number of anilines is 2. The molecule has 2 N–H and O–H groups in total. The summed E-state index contributed by atoms with van der Waals surface area (Å²) in [6, 6.07) is 18.6. The quantitative estimate of drug-likeness (QED) is 0.301. The number of hydrogen-bond acceptors (Lipinski definition) is 7. The largest absolute Gasteiger partial charge is 0.486 e. The third-order valence-corrected chi connectivity index (χ3v) is 6.79. The predicted molar refractivity (Wildman–Crippen MR) is 140 cm³/mol. The van der Waals surface area contributed by atoms with Crippen LogP contribution in [0, 0.1) is 13.8 Å². The average Bonchev–Trinajstić information content (AvgIpc) is 3.32. The molecule has 2 aromatic carbocycles. The van der Waals surface area contributed by atoms with E-state index >= 15 is 0 Å². The lowest BCUT2D eigenvalue weighted by atomic mass is 10.0. The van der Waals surface area contributed by atoms with Crippen molar-refractivity contribution < 1.29 is 22.4 Å². The molecule has 0 aliphatic carbocycles. The van der Waals surface area contributed by atoms with Crippen molar-refractivity contribution in [1.29, 1.82) is 0 Å². The molecule has 10 heteroatoms. The molecule has 0 radical (unpaired) electrons. The number of rotatable bonds is 9. The molecule has 0 aliphatic heterocycles. The van der Waals surface area contributed by atoms with Gasteiger partial charge in [-0.05, 0) is 79.9 Å². The van der Waals surface area contributed by atoms with Gasteiger partial charge in [0, 0.05) is 17.1 Å². The minimum atomic E-state index is -3.90. The number of ether oxygens (including phenoxy) is 1. The Bertz CT molecular complexity index is 1470. The Morgan fingerprint density at radius 1 is 0.946 bits per heavy atom. The maximum atomic E-state index is 12.7. The number of carbonyl (C=O) groups excluding carboxylic acids is 1. The normalized spacial score (nSPS) is 11.4. The van der Waals surface area contributed by atoms with Gasteiger partial charge in [0.15, 0.2) is 5.76 Å². The highest BCUT2D eigenvalue weighted by molar-refractivity contribution is 7.92. The van der Waals surface area contributed by atoms with Gasteiger partial charge in [0.2, 0.25) is 5.95 Å². The van der Waals surface area contributed by atoms with Gasteiger partial charge in [0.25, 0.3) is 15.9 Å². The van der Waals surface area contributed by atoms with E-state index in [1.165, 1.54) is 29.8 Å². The fraction of sp³-hybridized carbons (Fsp3) is 0.222. The maximum absolute atomic E-state index is 12.7. The summed E-state index contributed by atoms with van der Waals surface area (Å²) in [4.78, 5) is 20.8. The van der Waals surface area contributed by atoms with Crippen molar-refractivity contribution in [3.63, 3.8) is 0 Å². The van der Waals surface area contributed by atoms with E-state index in [0.29, 0.717) is 34.5 Å². The first-order chi connectivity index (χ1) is 17.6. The molecule has 0 unspecified atom stereocenters. The second-order valence-electron chi connectivity index (χ2n) is 8.84. The Kier molecular flexibility index (Phi) is 7.58. The number of aromatic nitrogens is 2. The number of nitrogens with zero attached hydrogens (tertiary/aromatic N) is 2. The summed E-state index contributed by atoms with van der Waals surface area (Å²) in [5.41, 5.74) is 2.93. The molecule has 1 amide bonds. The Labute approximate surface area is 216 Å². The summed E-state index contributed by atoms with van der Waals surface area (Å²) in [5.74, 6) is 1.29. The van der Waals surface area contributed by atoms with Gasteiger partial charge in [-0.1, -0.05) is 26.0 Å². The molecule has 0 spiro atoms. The highest BCUT2D eigenvalue weighted by Crippen LogP contribution is 2.21. The molecular weight excluding hydrogens is 492 g/mol. The van der Waals surface area contributed by atoms with Crippen LogP contribution >= 0.6 is 0 Å². The van der Waals surface area contributed by atoms with Gasteiger partial charge in [-0.15, -0.1) is 0 Å². The van der Waals surface area contributed by atoms with Gasteiger partial charge in [-0.25, -0.2) is 23.1 Å². The van der Waals surface area contributed by atoms with Crippen molar-refractivity contribution in [3.05, 3.63) is 95.2 Å². The van der Waals surface area contributed by atoms with Gasteiger partial charge < -0.3 is 14.5 Å². The Balaban J connectivity index is 1.34. The lowest BCUT2D eigenvalue weighted by molar-refractivity contribution is 0.0992. The van der Waals surface area contributed by atoms with Crippen LogP contribution in [0.15, 0.2) is 76.0 Å². The van der Waals surface area contributed by atoms with Crippen molar-refractivity contribution in [2.75, 3.05) is 10.0 Å². The zero-order chi connectivity index (χ0) is 26.6. The molecule has 0 bridgehead atoms. The molecule has 0 saturated heterocycles. The smallest absolute Gasteiger partial charge is 0.291 e. The number of sulfonamides is 1. The molecule has 4 aromatic rings. The van der Waals surface area contributed by atoms with E-state index in [9.17, 15) is 13.2 Å². The highest BCUT2D eigenvalue weighted by atomic mass is 32.2. The molecule has 192 valence electrons. The third kappa shape index (κ3) is 6.73. The van der Waals surface area contributed by atoms with Crippen LogP contribution in [0.5, 0.6) is 5.75 Å². The molecule has 9 nitrogen and oxygen atoms in total. The zero-order valence-corrected chi connectivity index (χ0v) is 21.8. The summed E-state index contributed by atoms with van der Waals surface area (Å²) in [5, 5.41) is 2.69. The number of amides is 1. The SMILES string of the molecule is Cc1cc(C)nc(NS(=O)(=O)c2ccc(NC(=O)c3ccc(COc4ccc(C(C)C)cc4)o3)cc2)n1. The summed E-state index contributed by atoms with van der Waals surface area (Å²) < 4.78 is 39.1. The van der Waals surface area contributed by atoms with Gasteiger partial charge >= 0.3 is 0 Å². The first kappa shape index (κ1) is 25.9. The highest BCUT2D eigenvalue weighted by Gasteiger charge is 2.17. The Morgan fingerprint density at radius 3 is 2.22 bits per heavy atom. The lowest BCUT2D eigenvalue weighted by Gasteiger charge is -2.09. The second kappa shape index (κ2) is 10.8. The molecule has 37 heavy (non-hydrogen) atoms.